The van der Waals surface area contributed by atoms with Crippen molar-refractivity contribution in [2.24, 2.45) is 17.1 Å². The van der Waals surface area contributed by atoms with Gasteiger partial charge in [0.15, 0.2) is 0 Å². The van der Waals surface area contributed by atoms with Crippen LogP contribution in [-0.2, 0) is 4.79 Å². The maximum absolute atomic E-state index is 12.2. The summed E-state index contributed by atoms with van der Waals surface area (Å²) in [6, 6.07) is 1.75. The van der Waals surface area contributed by atoms with Crippen LogP contribution in [0.2, 0.25) is 0 Å². The number of nitriles is 1. The first-order valence-electron chi connectivity index (χ1n) is 5.83. The highest BCUT2D eigenvalue weighted by Gasteiger charge is 2.55. The Morgan fingerprint density at radius 2 is 2.12 bits per heavy atom. The number of likely N-dealkylation sites (tertiary alicyclic amines) is 1. The zero-order valence-electron chi connectivity index (χ0n) is 10.1. The quantitative estimate of drug-likeness (QED) is 0.714. The molecule has 0 spiro atoms. The Hall–Kier alpha value is -1.08. The fraction of sp³-hybridized carbons (Fsp3) is 0.833. The standard InChI is InChI=1S/C12H19N3O/c1-12(2,3)10(14)11(16)15-8(6-13)4-7-5-9(7)15/h7-10H,4-5,14H2,1-3H3/t7-,8+,9+,10-/m1/s1. The lowest BCUT2D eigenvalue weighted by atomic mass is 9.86. The van der Waals surface area contributed by atoms with Crippen LogP contribution in [-0.4, -0.2) is 28.9 Å². The Bertz CT molecular complexity index is 352. The van der Waals surface area contributed by atoms with Gasteiger partial charge in [-0.05, 0) is 24.2 Å². The Morgan fingerprint density at radius 1 is 1.50 bits per heavy atom. The topological polar surface area (TPSA) is 70.1 Å². The molecule has 4 nitrogen and oxygen atoms in total. The molecule has 0 unspecified atom stereocenters. The molecule has 2 N–H and O–H groups in total. The lowest BCUT2D eigenvalue weighted by Crippen LogP contribution is -2.52. The highest BCUT2D eigenvalue weighted by Crippen LogP contribution is 2.48. The summed E-state index contributed by atoms with van der Waals surface area (Å²) in [5.41, 5.74) is 5.73. The van der Waals surface area contributed by atoms with Crippen molar-refractivity contribution in [2.45, 2.75) is 51.7 Å². The number of hydrogen-bond donors (Lipinski definition) is 1. The number of nitrogens with zero attached hydrogens (tertiary/aromatic N) is 2. The summed E-state index contributed by atoms with van der Waals surface area (Å²) in [5, 5.41) is 9.02. The van der Waals surface area contributed by atoms with Gasteiger partial charge in [0.25, 0.3) is 0 Å². The van der Waals surface area contributed by atoms with Crippen LogP contribution in [0.3, 0.4) is 0 Å². The van der Waals surface area contributed by atoms with Crippen molar-refractivity contribution in [3.05, 3.63) is 0 Å². The number of fused-ring (bicyclic) bond motifs is 1. The van der Waals surface area contributed by atoms with E-state index in [0.29, 0.717) is 12.0 Å². The molecule has 0 radical (unpaired) electrons. The second-order valence-corrected chi connectivity index (χ2v) is 6.03. The molecule has 2 fully saturated rings. The van der Waals surface area contributed by atoms with E-state index in [0.717, 1.165) is 12.8 Å². The number of hydrogen-bond acceptors (Lipinski definition) is 3. The molecule has 4 heteroatoms. The van der Waals surface area contributed by atoms with Gasteiger partial charge in [0, 0.05) is 6.04 Å². The van der Waals surface area contributed by atoms with Crippen molar-refractivity contribution >= 4 is 5.91 Å². The predicted molar refractivity (Wildman–Crippen MR) is 60.2 cm³/mol. The van der Waals surface area contributed by atoms with Crippen LogP contribution in [0.4, 0.5) is 0 Å². The van der Waals surface area contributed by atoms with Gasteiger partial charge in [-0.15, -0.1) is 0 Å². The van der Waals surface area contributed by atoms with Crippen LogP contribution >= 0.6 is 0 Å². The fourth-order valence-corrected chi connectivity index (χ4v) is 2.42. The van der Waals surface area contributed by atoms with Crippen LogP contribution in [0, 0.1) is 22.7 Å². The van der Waals surface area contributed by atoms with Crippen molar-refractivity contribution < 1.29 is 4.79 Å². The number of amides is 1. The van der Waals surface area contributed by atoms with Gasteiger partial charge < -0.3 is 10.6 Å². The maximum atomic E-state index is 12.2. The third-order valence-corrected chi connectivity index (χ3v) is 3.71. The molecule has 16 heavy (non-hydrogen) atoms. The minimum absolute atomic E-state index is 0.0518. The monoisotopic (exact) mass is 221 g/mol. The maximum Gasteiger partial charge on any atom is 0.241 e. The van der Waals surface area contributed by atoms with Crippen LogP contribution in [0.15, 0.2) is 0 Å². The smallest absolute Gasteiger partial charge is 0.241 e. The summed E-state index contributed by atoms with van der Waals surface area (Å²) in [4.78, 5) is 14.0. The molecular formula is C12H19N3O. The largest absolute Gasteiger partial charge is 0.322 e. The summed E-state index contributed by atoms with van der Waals surface area (Å²) in [6.07, 6.45) is 1.89. The van der Waals surface area contributed by atoms with Gasteiger partial charge in [-0.3, -0.25) is 4.79 Å². The Morgan fingerprint density at radius 3 is 2.62 bits per heavy atom. The summed E-state index contributed by atoms with van der Waals surface area (Å²) < 4.78 is 0. The van der Waals surface area contributed by atoms with Crippen LogP contribution in [0.1, 0.15) is 33.6 Å². The van der Waals surface area contributed by atoms with Gasteiger partial charge in [-0.1, -0.05) is 20.8 Å². The van der Waals surface area contributed by atoms with E-state index in [9.17, 15) is 4.79 Å². The minimum atomic E-state index is -0.511. The first-order valence-corrected chi connectivity index (χ1v) is 5.83. The third kappa shape index (κ3) is 1.69. The van der Waals surface area contributed by atoms with Gasteiger partial charge in [0.1, 0.15) is 6.04 Å². The zero-order chi connectivity index (χ0) is 12.1. The molecule has 0 aromatic heterocycles. The van der Waals surface area contributed by atoms with Gasteiger partial charge >= 0.3 is 0 Å². The summed E-state index contributed by atoms with van der Waals surface area (Å²) in [5.74, 6) is 0.504. The number of piperidine rings is 1. The molecule has 0 aromatic carbocycles. The van der Waals surface area contributed by atoms with Gasteiger partial charge in [-0.2, -0.15) is 5.26 Å². The SMILES string of the molecule is CC(C)(C)[C@H](N)C(=O)N1[C@H](C#N)C[C@@H]2C[C@@H]21. The highest BCUT2D eigenvalue weighted by atomic mass is 16.2. The molecule has 1 aliphatic carbocycles. The van der Waals surface area contributed by atoms with Crippen LogP contribution < -0.4 is 5.73 Å². The molecule has 1 aliphatic heterocycles. The van der Waals surface area contributed by atoms with E-state index in [1.165, 1.54) is 0 Å². The molecule has 2 aliphatic rings. The molecule has 4 atom stereocenters. The lowest BCUT2D eigenvalue weighted by Gasteiger charge is -2.32. The van der Waals surface area contributed by atoms with E-state index in [-0.39, 0.29) is 17.4 Å². The average Bonchev–Trinajstić information content (AvgIpc) is 2.86. The fourth-order valence-electron chi connectivity index (χ4n) is 2.42. The van der Waals surface area contributed by atoms with E-state index in [4.69, 9.17) is 11.0 Å². The number of rotatable bonds is 1. The number of carbonyl (C=O) groups excluding carboxylic acids is 1. The molecule has 1 saturated carbocycles. The molecule has 1 saturated heterocycles. The molecule has 0 aromatic rings. The van der Waals surface area contributed by atoms with Crippen molar-refractivity contribution in [2.75, 3.05) is 0 Å². The molecular weight excluding hydrogens is 202 g/mol. The van der Waals surface area contributed by atoms with Crippen LogP contribution in [0.25, 0.3) is 0 Å². The molecule has 0 bridgehead atoms. The predicted octanol–water partition coefficient (Wildman–Crippen LogP) is 0.873. The highest BCUT2D eigenvalue weighted by molar-refractivity contribution is 5.84. The van der Waals surface area contributed by atoms with Gasteiger partial charge in [0.2, 0.25) is 5.91 Å². The van der Waals surface area contributed by atoms with E-state index < -0.39 is 6.04 Å². The van der Waals surface area contributed by atoms with Crippen molar-refractivity contribution in [3.8, 4) is 6.07 Å². The number of carbonyl (C=O) groups is 1. The van der Waals surface area contributed by atoms with Crippen molar-refractivity contribution in [1.29, 1.82) is 5.26 Å². The minimum Gasteiger partial charge on any atom is -0.322 e. The first-order chi connectivity index (χ1) is 7.36. The Kier molecular flexibility index (Phi) is 2.47. The molecule has 2 rings (SSSR count). The zero-order valence-corrected chi connectivity index (χ0v) is 10.1. The third-order valence-electron chi connectivity index (χ3n) is 3.71. The van der Waals surface area contributed by atoms with E-state index in [2.05, 4.69) is 6.07 Å². The second kappa shape index (κ2) is 3.46. The first kappa shape index (κ1) is 11.4. The van der Waals surface area contributed by atoms with Gasteiger partial charge in [0.05, 0.1) is 12.1 Å². The van der Waals surface area contributed by atoms with E-state index in [1.54, 1.807) is 4.90 Å². The molecule has 1 amide bonds. The second-order valence-electron chi connectivity index (χ2n) is 6.03. The van der Waals surface area contributed by atoms with Gasteiger partial charge in [-0.25, -0.2) is 0 Å². The summed E-state index contributed by atoms with van der Waals surface area (Å²) >= 11 is 0. The van der Waals surface area contributed by atoms with Crippen molar-refractivity contribution in [1.82, 2.24) is 4.90 Å². The van der Waals surface area contributed by atoms with Crippen LogP contribution in [0.5, 0.6) is 0 Å². The molecule has 88 valence electrons. The Labute approximate surface area is 96.4 Å². The normalized spacial score (nSPS) is 34.2. The lowest BCUT2D eigenvalue weighted by molar-refractivity contribution is -0.135. The van der Waals surface area contributed by atoms with Crippen molar-refractivity contribution in [3.63, 3.8) is 0 Å². The summed E-state index contributed by atoms with van der Waals surface area (Å²) in [7, 11) is 0. The molecule has 1 heterocycles. The summed E-state index contributed by atoms with van der Waals surface area (Å²) in [6.45, 7) is 5.87. The Balaban J connectivity index is 2.13. The average molecular weight is 221 g/mol. The van der Waals surface area contributed by atoms with E-state index >= 15 is 0 Å². The number of nitrogens with two attached hydrogens (primary N) is 1. The van der Waals surface area contributed by atoms with E-state index in [1.807, 2.05) is 20.8 Å².